The van der Waals surface area contributed by atoms with E-state index >= 15 is 0 Å². The molecular formula is C11H8BrNO3. The highest BCUT2D eigenvalue weighted by Gasteiger charge is 2.20. The van der Waals surface area contributed by atoms with Gasteiger partial charge in [0.1, 0.15) is 0 Å². The molecular weight excluding hydrogens is 274 g/mol. The monoisotopic (exact) mass is 281 g/mol. The second kappa shape index (κ2) is 3.75. The Kier molecular flexibility index (Phi) is 2.55. The summed E-state index contributed by atoms with van der Waals surface area (Å²) in [6, 6.07) is 5.35. The van der Waals surface area contributed by atoms with Crippen molar-refractivity contribution in [2.24, 2.45) is 7.05 Å². The highest BCUT2D eigenvalue weighted by Crippen LogP contribution is 2.27. The minimum atomic E-state index is -1.44. The Bertz CT molecular complexity index is 601. The van der Waals surface area contributed by atoms with Gasteiger partial charge < -0.3 is 9.67 Å². The Balaban J connectivity index is 2.79. The summed E-state index contributed by atoms with van der Waals surface area (Å²) in [6.45, 7) is 0. The van der Waals surface area contributed by atoms with Gasteiger partial charge in [-0.05, 0) is 22.0 Å². The maximum Gasteiger partial charge on any atom is 0.377 e. The molecule has 1 aromatic carbocycles. The lowest BCUT2D eigenvalue weighted by atomic mass is 10.1. The zero-order valence-corrected chi connectivity index (χ0v) is 9.98. The molecule has 0 saturated heterocycles. The van der Waals surface area contributed by atoms with E-state index in [1.165, 1.54) is 6.20 Å². The maximum absolute atomic E-state index is 11.5. The summed E-state index contributed by atoms with van der Waals surface area (Å²) < 4.78 is 2.56. The number of Topliss-reactive ketones (excluding diaryl/α,β-unsaturated/α-hetero) is 1. The van der Waals surface area contributed by atoms with Crippen molar-refractivity contribution < 1.29 is 14.7 Å². The molecule has 1 N–H and O–H groups in total. The third kappa shape index (κ3) is 1.53. The molecule has 82 valence electrons. The number of para-hydroxylation sites is 1. The number of rotatable bonds is 2. The number of aromatic nitrogens is 1. The number of carboxylic acids is 1. The van der Waals surface area contributed by atoms with Gasteiger partial charge in [-0.3, -0.25) is 4.79 Å². The summed E-state index contributed by atoms with van der Waals surface area (Å²) in [5.41, 5.74) is 1.03. The van der Waals surface area contributed by atoms with Gasteiger partial charge in [0.25, 0.3) is 5.78 Å². The van der Waals surface area contributed by atoms with Crippen molar-refractivity contribution in [3.63, 3.8) is 0 Å². The zero-order valence-electron chi connectivity index (χ0n) is 8.40. The summed E-state index contributed by atoms with van der Waals surface area (Å²) in [6.07, 6.45) is 1.53. The number of carboxylic acid groups (broad SMARTS) is 1. The Hall–Kier alpha value is -1.62. The number of halogens is 1. The van der Waals surface area contributed by atoms with Crippen LogP contribution in [0.25, 0.3) is 10.9 Å². The van der Waals surface area contributed by atoms with E-state index in [1.807, 2.05) is 6.07 Å². The lowest BCUT2D eigenvalue weighted by Gasteiger charge is -1.98. The fourth-order valence-electron chi connectivity index (χ4n) is 1.72. The van der Waals surface area contributed by atoms with Crippen molar-refractivity contribution in [3.8, 4) is 0 Å². The molecule has 1 heterocycles. The van der Waals surface area contributed by atoms with Crippen LogP contribution in [0.5, 0.6) is 0 Å². The molecule has 16 heavy (non-hydrogen) atoms. The van der Waals surface area contributed by atoms with Crippen LogP contribution >= 0.6 is 15.9 Å². The van der Waals surface area contributed by atoms with E-state index in [9.17, 15) is 9.59 Å². The molecule has 0 fully saturated rings. The molecule has 0 amide bonds. The minimum Gasteiger partial charge on any atom is -0.475 e. The average Bonchev–Trinajstić information content (AvgIpc) is 2.56. The molecule has 0 saturated carbocycles. The molecule has 2 aromatic rings. The van der Waals surface area contributed by atoms with Crippen LogP contribution in [0, 0.1) is 0 Å². The second-order valence-corrected chi connectivity index (χ2v) is 4.28. The Labute approximate surface area is 99.6 Å². The molecule has 0 spiro atoms. The van der Waals surface area contributed by atoms with Crippen LogP contribution < -0.4 is 0 Å². The van der Waals surface area contributed by atoms with Gasteiger partial charge in [-0.25, -0.2) is 4.79 Å². The summed E-state index contributed by atoms with van der Waals surface area (Å²) in [5.74, 6) is -2.32. The summed E-state index contributed by atoms with van der Waals surface area (Å²) in [5, 5.41) is 9.35. The molecule has 0 aliphatic rings. The van der Waals surface area contributed by atoms with E-state index in [-0.39, 0.29) is 5.56 Å². The van der Waals surface area contributed by atoms with Gasteiger partial charge in [-0.15, -0.1) is 0 Å². The third-order valence-corrected chi connectivity index (χ3v) is 3.03. The molecule has 0 radical (unpaired) electrons. The van der Waals surface area contributed by atoms with Crippen LogP contribution in [-0.4, -0.2) is 21.4 Å². The predicted octanol–water partition coefficient (Wildman–Crippen LogP) is 2.21. The van der Waals surface area contributed by atoms with E-state index in [1.54, 1.807) is 23.7 Å². The number of carbonyl (C=O) groups excluding carboxylic acids is 1. The van der Waals surface area contributed by atoms with Crippen LogP contribution in [0.2, 0.25) is 0 Å². The maximum atomic E-state index is 11.5. The number of fused-ring (bicyclic) bond motifs is 1. The topological polar surface area (TPSA) is 59.3 Å². The van der Waals surface area contributed by atoms with E-state index in [4.69, 9.17) is 5.11 Å². The number of nitrogens with zero attached hydrogens (tertiary/aromatic N) is 1. The number of aryl methyl sites for hydroxylation is 1. The smallest absolute Gasteiger partial charge is 0.377 e. The van der Waals surface area contributed by atoms with Crippen molar-refractivity contribution in [2.75, 3.05) is 0 Å². The molecule has 1 aromatic heterocycles. The van der Waals surface area contributed by atoms with E-state index in [2.05, 4.69) is 15.9 Å². The first kappa shape index (κ1) is 10.9. The van der Waals surface area contributed by atoms with Crippen molar-refractivity contribution in [1.82, 2.24) is 4.57 Å². The number of hydrogen-bond acceptors (Lipinski definition) is 2. The lowest BCUT2D eigenvalue weighted by molar-refractivity contribution is -0.131. The van der Waals surface area contributed by atoms with Gasteiger partial charge in [0.15, 0.2) is 0 Å². The number of aliphatic carboxylic acids is 1. The summed E-state index contributed by atoms with van der Waals surface area (Å²) in [4.78, 5) is 22.1. The van der Waals surface area contributed by atoms with Crippen LogP contribution in [-0.2, 0) is 11.8 Å². The first-order valence-corrected chi connectivity index (χ1v) is 5.33. The van der Waals surface area contributed by atoms with Crippen LogP contribution in [0.1, 0.15) is 10.4 Å². The van der Waals surface area contributed by atoms with Crippen molar-refractivity contribution in [1.29, 1.82) is 0 Å². The number of carbonyl (C=O) groups is 2. The normalized spacial score (nSPS) is 10.6. The van der Waals surface area contributed by atoms with Crippen molar-refractivity contribution in [2.45, 2.75) is 0 Å². The summed E-state index contributed by atoms with van der Waals surface area (Å²) >= 11 is 3.37. The first-order chi connectivity index (χ1) is 7.52. The van der Waals surface area contributed by atoms with E-state index in [0.717, 1.165) is 9.99 Å². The molecule has 0 aliphatic carbocycles. The average molecular weight is 282 g/mol. The van der Waals surface area contributed by atoms with E-state index < -0.39 is 11.8 Å². The fraction of sp³-hybridized carbons (Fsp3) is 0.0909. The minimum absolute atomic E-state index is 0.214. The van der Waals surface area contributed by atoms with Crippen molar-refractivity contribution >= 4 is 38.6 Å². The molecule has 5 heteroatoms. The molecule has 0 bridgehead atoms. The van der Waals surface area contributed by atoms with Gasteiger partial charge in [0, 0.05) is 23.1 Å². The van der Waals surface area contributed by atoms with E-state index in [0.29, 0.717) is 5.39 Å². The quantitative estimate of drug-likeness (QED) is 0.678. The number of ketones is 1. The molecule has 4 nitrogen and oxygen atoms in total. The fourth-order valence-corrected chi connectivity index (χ4v) is 2.36. The standard InChI is InChI=1S/C11H8BrNO3/c1-13-5-7(10(14)11(15)16)6-3-2-4-8(12)9(6)13/h2-5H,1H3,(H,15,16). The lowest BCUT2D eigenvalue weighted by Crippen LogP contribution is -2.12. The zero-order chi connectivity index (χ0) is 11.9. The van der Waals surface area contributed by atoms with Crippen molar-refractivity contribution in [3.05, 3.63) is 34.4 Å². The van der Waals surface area contributed by atoms with Gasteiger partial charge in [0.05, 0.1) is 11.1 Å². The second-order valence-electron chi connectivity index (χ2n) is 3.42. The van der Waals surface area contributed by atoms with Gasteiger partial charge >= 0.3 is 5.97 Å². The number of benzene rings is 1. The molecule has 2 rings (SSSR count). The SMILES string of the molecule is Cn1cc(C(=O)C(=O)O)c2cccc(Br)c21. The van der Waals surface area contributed by atoms with Gasteiger partial charge in [0.2, 0.25) is 0 Å². The van der Waals surface area contributed by atoms with Gasteiger partial charge in [-0.1, -0.05) is 12.1 Å². The van der Waals surface area contributed by atoms with Gasteiger partial charge in [-0.2, -0.15) is 0 Å². The first-order valence-electron chi connectivity index (χ1n) is 4.53. The third-order valence-electron chi connectivity index (χ3n) is 2.39. The molecule has 0 unspecified atom stereocenters. The molecule has 0 aliphatic heterocycles. The Morgan fingerprint density at radius 1 is 1.38 bits per heavy atom. The predicted molar refractivity (Wildman–Crippen MR) is 62.6 cm³/mol. The van der Waals surface area contributed by atoms with Crippen LogP contribution in [0.3, 0.4) is 0 Å². The Morgan fingerprint density at radius 2 is 2.06 bits per heavy atom. The van der Waals surface area contributed by atoms with Crippen LogP contribution in [0.15, 0.2) is 28.9 Å². The molecule has 0 atom stereocenters. The Morgan fingerprint density at radius 3 is 2.69 bits per heavy atom. The highest BCUT2D eigenvalue weighted by atomic mass is 79.9. The van der Waals surface area contributed by atoms with Crippen LogP contribution in [0.4, 0.5) is 0 Å². The number of hydrogen-bond donors (Lipinski definition) is 1. The summed E-state index contributed by atoms with van der Waals surface area (Å²) in [7, 11) is 1.77. The highest BCUT2D eigenvalue weighted by molar-refractivity contribution is 9.10. The largest absolute Gasteiger partial charge is 0.475 e.